The van der Waals surface area contributed by atoms with E-state index in [9.17, 15) is 40.5 Å². The average Bonchev–Trinajstić information content (AvgIpc) is 2.77. The number of fused-ring (bicyclic) bond motifs is 1. The van der Waals surface area contributed by atoms with Gasteiger partial charge in [-0.3, -0.25) is 4.79 Å². The molecule has 0 unspecified atom stereocenters. The Morgan fingerprint density at radius 2 is 1.62 bits per heavy atom. The molecule has 0 spiro atoms. The van der Waals surface area contributed by atoms with Gasteiger partial charge in [-0.1, -0.05) is 12.1 Å². The molecule has 1 aliphatic heterocycles. The van der Waals surface area contributed by atoms with E-state index in [0.717, 1.165) is 12.3 Å². The second kappa shape index (κ2) is 8.30. The molecule has 3 aromatic rings. The number of hydrogen-bond donors (Lipinski definition) is 7. The van der Waals surface area contributed by atoms with Crippen LogP contribution in [0.2, 0.25) is 0 Å². The third kappa shape index (κ3) is 3.61. The molecule has 0 amide bonds. The summed E-state index contributed by atoms with van der Waals surface area (Å²) in [6, 6.07) is 6.50. The van der Waals surface area contributed by atoms with Gasteiger partial charge in [0.15, 0.2) is 11.3 Å². The van der Waals surface area contributed by atoms with Crippen LogP contribution in [-0.2, 0) is 4.74 Å². The summed E-state index contributed by atoms with van der Waals surface area (Å²) >= 11 is 0. The highest BCUT2D eigenvalue weighted by molar-refractivity contribution is 5.93. The first kappa shape index (κ1) is 21.9. The van der Waals surface area contributed by atoms with Gasteiger partial charge < -0.3 is 49.6 Å². The van der Waals surface area contributed by atoms with Crippen molar-refractivity contribution in [2.24, 2.45) is 0 Å². The van der Waals surface area contributed by atoms with E-state index < -0.39 is 60.0 Å². The number of hydrogen-bond acceptors (Lipinski definition) is 11. The Bertz CT molecular complexity index is 1190. The van der Waals surface area contributed by atoms with Crippen molar-refractivity contribution in [3.8, 4) is 34.1 Å². The number of benzene rings is 2. The topological polar surface area (TPSA) is 190 Å². The summed E-state index contributed by atoms with van der Waals surface area (Å²) in [5.41, 5.74) is -0.598. The van der Waals surface area contributed by atoms with Crippen molar-refractivity contribution in [2.45, 2.75) is 30.7 Å². The van der Waals surface area contributed by atoms with Crippen LogP contribution in [0, 0.1) is 0 Å². The molecular weight excluding hydrogens is 428 g/mol. The summed E-state index contributed by atoms with van der Waals surface area (Å²) in [6.45, 7) is -0.696. The molecule has 170 valence electrons. The molecule has 7 N–H and O–H groups in total. The summed E-state index contributed by atoms with van der Waals surface area (Å²) in [7, 11) is 0. The quantitative estimate of drug-likeness (QED) is 0.279. The maximum atomic E-state index is 13.0. The van der Waals surface area contributed by atoms with Crippen molar-refractivity contribution >= 4 is 11.0 Å². The van der Waals surface area contributed by atoms with Crippen LogP contribution in [0.1, 0.15) is 0 Å². The molecular formula is C21H20O11. The predicted molar refractivity (Wildman–Crippen MR) is 107 cm³/mol. The Kier molecular flexibility index (Phi) is 5.67. The molecule has 4 rings (SSSR count). The van der Waals surface area contributed by atoms with Crippen LogP contribution < -0.4 is 10.2 Å². The molecule has 1 saturated heterocycles. The molecule has 11 heteroatoms. The maximum Gasteiger partial charge on any atom is 0.229 e. The fourth-order valence-corrected chi connectivity index (χ4v) is 3.49. The number of aliphatic hydroxyl groups is 4. The highest BCUT2D eigenvalue weighted by atomic mass is 16.7. The summed E-state index contributed by atoms with van der Waals surface area (Å²) in [5.74, 6) is -1.75. The lowest BCUT2D eigenvalue weighted by Gasteiger charge is -2.39. The average molecular weight is 448 g/mol. The van der Waals surface area contributed by atoms with Gasteiger partial charge in [0.05, 0.1) is 12.2 Å². The van der Waals surface area contributed by atoms with Gasteiger partial charge in [-0.2, -0.15) is 0 Å². The lowest BCUT2D eigenvalue weighted by atomic mass is 9.99. The number of rotatable bonds is 4. The second-order valence-corrected chi connectivity index (χ2v) is 7.29. The Balaban J connectivity index is 1.80. The summed E-state index contributed by atoms with van der Waals surface area (Å²) in [4.78, 5) is 13.0. The Hall–Kier alpha value is -3.35. The van der Waals surface area contributed by atoms with E-state index in [1.54, 1.807) is 0 Å². The standard InChI is InChI=1S/C21H20O11/c22-6-13-16(27)17(28)18(29)21(31-13)32-19-12(25)5-11(24)14-15(26)10(7-30-20(14)19)8-1-3-9(23)4-2-8/h1-5,7,13,16-18,21-25,27-29H,6H2/t13-,16-,17+,18-,21-/m0/s1. The maximum absolute atomic E-state index is 13.0. The number of phenols is 3. The fourth-order valence-electron chi connectivity index (χ4n) is 3.49. The van der Waals surface area contributed by atoms with Crippen molar-refractivity contribution in [3.05, 3.63) is 46.8 Å². The van der Waals surface area contributed by atoms with Crippen LogP contribution in [0.4, 0.5) is 0 Å². The zero-order valence-electron chi connectivity index (χ0n) is 16.3. The van der Waals surface area contributed by atoms with Gasteiger partial charge in [-0.25, -0.2) is 0 Å². The zero-order chi connectivity index (χ0) is 23.2. The van der Waals surface area contributed by atoms with E-state index in [1.807, 2.05) is 0 Å². The Labute approximate surface area is 179 Å². The Morgan fingerprint density at radius 3 is 2.28 bits per heavy atom. The van der Waals surface area contributed by atoms with Crippen molar-refractivity contribution < 1.29 is 49.6 Å². The SMILES string of the molecule is O=c1c(-c2ccc(O)cc2)coc2c(O[C@@H]3O[C@@H](CO)[C@H](O)[C@@H](O)[C@@H]3O)c(O)cc(O)c12. The van der Waals surface area contributed by atoms with E-state index in [-0.39, 0.29) is 22.3 Å². The Morgan fingerprint density at radius 1 is 0.938 bits per heavy atom. The largest absolute Gasteiger partial charge is 0.508 e. The van der Waals surface area contributed by atoms with Crippen molar-refractivity contribution in [3.63, 3.8) is 0 Å². The van der Waals surface area contributed by atoms with E-state index in [4.69, 9.17) is 13.9 Å². The first-order valence-corrected chi connectivity index (χ1v) is 9.50. The van der Waals surface area contributed by atoms with Crippen LogP contribution in [0.3, 0.4) is 0 Å². The third-order valence-electron chi connectivity index (χ3n) is 5.22. The second-order valence-electron chi connectivity index (χ2n) is 7.29. The molecule has 1 aromatic heterocycles. The monoisotopic (exact) mass is 448 g/mol. The third-order valence-corrected chi connectivity index (χ3v) is 5.22. The van der Waals surface area contributed by atoms with Crippen molar-refractivity contribution in [2.75, 3.05) is 6.61 Å². The molecule has 0 saturated carbocycles. The normalized spacial score (nSPS) is 25.7. The predicted octanol–water partition coefficient (Wildman–Crippen LogP) is -0.245. The highest BCUT2D eigenvalue weighted by Crippen LogP contribution is 2.41. The molecule has 0 bridgehead atoms. The molecule has 2 heterocycles. The van der Waals surface area contributed by atoms with Gasteiger partial charge in [-0.15, -0.1) is 0 Å². The lowest BCUT2D eigenvalue weighted by molar-refractivity contribution is -0.277. The van der Waals surface area contributed by atoms with Crippen LogP contribution in [0.15, 0.2) is 45.8 Å². The number of phenolic OH excluding ortho intramolecular Hbond substituents is 3. The van der Waals surface area contributed by atoms with Crippen LogP contribution in [0.5, 0.6) is 23.0 Å². The fraction of sp³-hybridized carbons (Fsp3) is 0.286. The molecule has 11 nitrogen and oxygen atoms in total. The van der Waals surface area contributed by atoms with Gasteiger partial charge in [0, 0.05) is 6.07 Å². The highest BCUT2D eigenvalue weighted by Gasteiger charge is 2.45. The van der Waals surface area contributed by atoms with Crippen LogP contribution in [-0.4, -0.2) is 73.1 Å². The van der Waals surface area contributed by atoms with E-state index in [0.29, 0.717) is 5.56 Å². The molecule has 32 heavy (non-hydrogen) atoms. The van der Waals surface area contributed by atoms with E-state index >= 15 is 0 Å². The summed E-state index contributed by atoms with van der Waals surface area (Å²) < 4.78 is 16.2. The van der Waals surface area contributed by atoms with Gasteiger partial charge in [0.2, 0.25) is 17.5 Å². The van der Waals surface area contributed by atoms with Gasteiger partial charge in [-0.05, 0) is 17.7 Å². The van der Waals surface area contributed by atoms with Gasteiger partial charge >= 0.3 is 0 Å². The van der Waals surface area contributed by atoms with Gasteiger partial charge in [0.25, 0.3) is 0 Å². The minimum Gasteiger partial charge on any atom is -0.508 e. The van der Waals surface area contributed by atoms with E-state index in [2.05, 4.69) is 0 Å². The number of aromatic hydroxyl groups is 3. The molecule has 1 fully saturated rings. The molecule has 0 aliphatic carbocycles. The van der Waals surface area contributed by atoms with Gasteiger partial charge in [0.1, 0.15) is 47.6 Å². The van der Waals surface area contributed by atoms with Crippen LogP contribution in [0.25, 0.3) is 22.1 Å². The van der Waals surface area contributed by atoms with Crippen molar-refractivity contribution in [1.29, 1.82) is 0 Å². The van der Waals surface area contributed by atoms with Crippen molar-refractivity contribution in [1.82, 2.24) is 0 Å². The molecule has 0 radical (unpaired) electrons. The first-order chi connectivity index (χ1) is 15.2. The van der Waals surface area contributed by atoms with E-state index in [1.165, 1.54) is 24.3 Å². The minimum absolute atomic E-state index is 0.0121. The lowest BCUT2D eigenvalue weighted by Crippen LogP contribution is -2.60. The molecule has 1 aliphatic rings. The van der Waals surface area contributed by atoms with Crippen LogP contribution >= 0.6 is 0 Å². The first-order valence-electron chi connectivity index (χ1n) is 9.50. The zero-order valence-corrected chi connectivity index (χ0v) is 16.3. The summed E-state index contributed by atoms with van der Waals surface area (Å²) in [6.07, 6.45) is -6.99. The number of aliphatic hydroxyl groups excluding tert-OH is 4. The smallest absolute Gasteiger partial charge is 0.229 e. The number of ether oxygens (including phenoxy) is 2. The summed E-state index contributed by atoms with van der Waals surface area (Å²) in [5, 5.41) is 69.0. The molecule has 5 atom stereocenters. The molecule has 2 aromatic carbocycles. The minimum atomic E-state index is -1.78.